The number of benzene rings is 2. The summed E-state index contributed by atoms with van der Waals surface area (Å²) in [5, 5.41) is 0.806. The number of ether oxygens (including phenoxy) is 3. The number of carbonyl (C=O) groups is 1. The molecule has 0 amide bonds. The molecule has 0 saturated carbocycles. The third-order valence-corrected chi connectivity index (χ3v) is 5.79. The minimum absolute atomic E-state index is 0.366. The van der Waals surface area contributed by atoms with E-state index in [0.29, 0.717) is 17.2 Å². The summed E-state index contributed by atoms with van der Waals surface area (Å²) in [6.45, 7) is 2.40. The number of esters is 1. The standard InChI is InChI=1S/C22H20N2O4S/c1-14-6-4-5-7-15(14)12-28-19-11-20(29-21(19)22(25)27-3)24-13-23-17-9-8-16(26-2)10-18(17)24/h4-11,13H,12H2,1-3H3. The number of aryl methyl sites for hydroxylation is 1. The summed E-state index contributed by atoms with van der Waals surface area (Å²) < 4.78 is 18.2. The fourth-order valence-electron chi connectivity index (χ4n) is 3.04. The minimum Gasteiger partial charge on any atom is -0.497 e. The number of aromatic nitrogens is 2. The van der Waals surface area contributed by atoms with Crippen LogP contribution < -0.4 is 9.47 Å². The molecule has 0 fully saturated rings. The first kappa shape index (κ1) is 19.0. The van der Waals surface area contributed by atoms with E-state index in [1.807, 2.05) is 60.0 Å². The van der Waals surface area contributed by atoms with Crippen LogP contribution in [0.4, 0.5) is 0 Å². The second-order valence-electron chi connectivity index (χ2n) is 6.45. The highest BCUT2D eigenvalue weighted by molar-refractivity contribution is 7.16. The molecule has 0 bridgehead atoms. The van der Waals surface area contributed by atoms with E-state index in [4.69, 9.17) is 14.2 Å². The maximum absolute atomic E-state index is 12.3. The van der Waals surface area contributed by atoms with Crippen LogP contribution in [0.3, 0.4) is 0 Å². The molecule has 0 aliphatic carbocycles. The summed E-state index contributed by atoms with van der Waals surface area (Å²) in [6, 6.07) is 15.5. The molecule has 2 heterocycles. The third kappa shape index (κ3) is 3.69. The molecule has 0 atom stereocenters. The highest BCUT2D eigenvalue weighted by Gasteiger charge is 2.20. The van der Waals surface area contributed by atoms with Gasteiger partial charge in [-0.05, 0) is 30.2 Å². The largest absolute Gasteiger partial charge is 0.497 e. The van der Waals surface area contributed by atoms with Crippen molar-refractivity contribution in [1.82, 2.24) is 9.55 Å². The van der Waals surface area contributed by atoms with Crippen LogP contribution in [-0.4, -0.2) is 29.7 Å². The van der Waals surface area contributed by atoms with Gasteiger partial charge < -0.3 is 14.2 Å². The van der Waals surface area contributed by atoms with Crippen molar-refractivity contribution in [3.05, 3.63) is 70.9 Å². The maximum Gasteiger partial charge on any atom is 0.351 e. The van der Waals surface area contributed by atoms with Gasteiger partial charge in [0.1, 0.15) is 29.4 Å². The Balaban J connectivity index is 1.72. The number of methoxy groups -OCH3 is 2. The Morgan fingerprint density at radius 3 is 2.72 bits per heavy atom. The summed E-state index contributed by atoms with van der Waals surface area (Å²) >= 11 is 1.30. The first-order valence-corrected chi connectivity index (χ1v) is 9.83. The molecular weight excluding hydrogens is 388 g/mol. The number of hydrogen-bond acceptors (Lipinski definition) is 6. The van der Waals surface area contributed by atoms with Gasteiger partial charge in [0.05, 0.1) is 25.3 Å². The fourth-order valence-corrected chi connectivity index (χ4v) is 4.04. The summed E-state index contributed by atoms with van der Waals surface area (Å²) in [5.41, 5.74) is 3.91. The predicted octanol–water partition coefficient (Wildman–Crippen LogP) is 4.77. The molecule has 0 saturated heterocycles. The maximum atomic E-state index is 12.3. The monoisotopic (exact) mass is 408 g/mol. The average molecular weight is 408 g/mol. The lowest BCUT2D eigenvalue weighted by molar-refractivity contribution is 0.0601. The molecule has 148 valence electrons. The molecule has 0 unspecified atom stereocenters. The second-order valence-corrected chi connectivity index (χ2v) is 7.48. The Bertz CT molecular complexity index is 1180. The molecule has 0 N–H and O–H groups in total. The van der Waals surface area contributed by atoms with Crippen molar-refractivity contribution in [2.75, 3.05) is 14.2 Å². The first-order valence-electron chi connectivity index (χ1n) is 9.01. The Labute approximate surface area is 172 Å². The molecular formula is C22H20N2O4S. The predicted molar refractivity (Wildman–Crippen MR) is 112 cm³/mol. The number of hydrogen-bond donors (Lipinski definition) is 0. The van der Waals surface area contributed by atoms with E-state index in [9.17, 15) is 4.79 Å². The summed E-state index contributed by atoms with van der Waals surface area (Å²) in [7, 11) is 2.99. The zero-order valence-electron chi connectivity index (χ0n) is 16.3. The van der Waals surface area contributed by atoms with Gasteiger partial charge in [-0.3, -0.25) is 4.57 Å². The number of rotatable bonds is 6. The van der Waals surface area contributed by atoms with Crippen molar-refractivity contribution in [3.8, 4) is 16.5 Å². The highest BCUT2D eigenvalue weighted by Crippen LogP contribution is 2.35. The lowest BCUT2D eigenvalue weighted by Gasteiger charge is -2.08. The topological polar surface area (TPSA) is 62.6 Å². The SMILES string of the molecule is COC(=O)c1sc(-n2cnc3ccc(OC)cc32)cc1OCc1ccccc1C. The lowest BCUT2D eigenvalue weighted by Crippen LogP contribution is -2.03. The van der Waals surface area contributed by atoms with Gasteiger partial charge in [0.25, 0.3) is 0 Å². The quantitative estimate of drug-likeness (QED) is 0.430. The van der Waals surface area contributed by atoms with Gasteiger partial charge in [0.2, 0.25) is 0 Å². The molecule has 0 radical (unpaired) electrons. The Morgan fingerprint density at radius 2 is 1.97 bits per heavy atom. The molecule has 29 heavy (non-hydrogen) atoms. The van der Waals surface area contributed by atoms with Crippen molar-refractivity contribution in [2.45, 2.75) is 13.5 Å². The Kier molecular flexibility index (Phi) is 5.22. The first-order chi connectivity index (χ1) is 14.1. The molecule has 4 rings (SSSR count). The normalized spacial score (nSPS) is 10.9. The van der Waals surface area contributed by atoms with Crippen molar-refractivity contribution < 1.29 is 19.0 Å². The van der Waals surface area contributed by atoms with E-state index in [-0.39, 0.29) is 0 Å². The number of thiophene rings is 1. The molecule has 2 aromatic carbocycles. The molecule has 7 heteroatoms. The van der Waals surface area contributed by atoms with Gasteiger partial charge in [-0.25, -0.2) is 9.78 Å². The van der Waals surface area contributed by atoms with Gasteiger partial charge in [-0.15, -0.1) is 11.3 Å². The van der Waals surface area contributed by atoms with Gasteiger partial charge in [0, 0.05) is 12.1 Å². The number of fused-ring (bicyclic) bond motifs is 1. The van der Waals surface area contributed by atoms with Crippen LogP contribution in [0.1, 0.15) is 20.8 Å². The molecule has 0 aliphatic heterocycles. The minimum atomic E-state index is -0.428. The van der Waals surface area contributed by atoms with E-state index in [1.54, 1.807) is 13.4 Å². The zero-order valence-corrected chi connectivity index (χ0v) is 17.2. The van der Waals surface area contributed by atoms with Crippen LogP contribution in [0.5, 0.6) is 11.5 Å². The van der Waals surface area contributed by atoms with Gasteiger partial charge in [-0.2, -0.15) is 0 Å². The van der Waals surface area contributed by atoms with Crippen LogP contribution in [0.2, 0.25) is 0 Å². The molecule has 2 aromatic heterocycles. The van der Waals surface area contributed by atoms with Crippen molar-refractivity contribution >= 4 is 28.3 Å². The van der Waals surface area contributed by atoms with Crippen LogP contribution >= 0.6 is 11.3 Å². The van der Waals surface area contributed by atoms with E-state index in [0.717, 1.165) is 32.9 Å². The van der Waals surface area contributed by atoms with Gasteiger partial charge in [0.15, 0.2) is 4.88 Å². The van der Waals surface area contributed by atoms with Crippen molar-refractivity contribution in [2.24, 2.45) is 0 Å². The number of imidazole rings is 1. The molecule has 4 aromatic rings. The number of carbonyl (C=O) groups excluding carboxylic acids is 1. The van der Waals surface area contributed by atoms with Crippen molar-refractivity contribution in [1.29, 1.82) is 0 Å². The second kappa shape index (κ2) is 7.97. The van der Waals surface area contributed by atoms with Crippen LogP contribution in [0.15, 0.2) is 54.9 Å². The average Bonchev–Trinajstić information content (AvgIpc) is 3.36. The summed E-state index contributed by atoms with van der Waals surface area (Å²) in [5.74, 6) is 0.799. The molecule has 0 spiro atoms. The van der Waals surface area contributed by atoms with Crippen molar-refractivity contribution in [3.63, 3.8) is 0 Å². The lowest BCUT2D eigenvalue weighted by atomic mass is 10.1. The van der Waals surface area contributed by atoms with Gasteiger partial charge >= 0.3 is 5.97 Å². The van der Waals surface area contributed by atoms with E-state index >= 15 is 0 Å². The highest BCUT2D eigenvalue weighted by atomic mass is 32.1. The Morgan fingerprint density at radius 1 is 1.14 bits per heavy atom. The van der Waals surface area contributed by atoms with Crippen LogP contribution in [0.25, 0.3) is 16.0 Å². The smallest absolute Gasteiger partial charge is 0.351 e. The van der Waals surface area contributed by atoms with Gasteiger partial charge in [-0.1, -0.05) is 24.3 Å². The summed E-state index contributed by atoms with van der Waals surface area (Å²) in [6.07, 6.45) is 1.72. The zero-order chi connectivity index (χ0) is 20.4. The number of nitrogens with zero attached hydrogens (tertiary/aromatic N) is 2. The van der Waals surface area contributed by atoms with Crippen LogP contribution in [0, 0.1) is 6.92 Å². The Hall–Kier alpha value is -3.32. The third-order valence-electron chi connectivity index (χ3n) is 4.69. The van der Waals surface area contributed by atoms with E-state index in [2.05, 4.69) is 4.98 Å². The van der Waals surface area contributed by atoms with Crippen LogP contribution in [-0.2, 0) is 11.3 Å². The van der Waals surface area contributed by atoms with E-state index < -0.39 is 5.97 Å². The van der Waals surface area contributed by atoms with E-state index in [1.165, 1.54) is 18.4 Å². The summed E-state index contributed by atoms with van der Waals surface area (Å²) in [4.78, 5) is 17.2. The molecule has 0 aliphatic rings. The fraction of sp³-hybridized carbons (Fsp3) is 0.182. The molecule has 6 nitrogen and oxygen atoms in total.